The fraction of sp³-hybridized carbons (Fsp3) is 0.667. The third-order valence-electron chi connectivity index (χ3n) is 2.44. The van der Waals surface area contributed by atoms with Crippen LogP contribution in [0.1, 0.15) is 26.7 Å². The van der Waals surface area contributed by atoms with Gasteiger partial charge in [-0.1, -0.05) is 0 Å². The lowest BCUT2D eigenvalue weighted by atomic mass is 10.00. The summed E-state index contributed by atoms with van der Waals surface area (Å²) in [7, 11) is 1.64. The van der Waals surface area contributed by atoms with Crippen LogP contribution >= 0.6 is 0 Å². The molecule has 0 saturated heterocycles. The van der Waals surface area contributed by atoms with Crippen LogP contribution in [0.4, 0.5) is 5.69 Å². The molecule has 1 aromatic rings. The van der Waals surface area contributed by atoms with Crippen LogP contribution in [0.3, 0.4) is 0 Å². The minimum atomic E-state index is -0.319. The Labute approximate surface area is 107 Å². The highest BCUT2D eigenvalue weighted by Crippen LogP contribution is 2.10. The average Bonchev–Trinajstić information content (AvgIpc) is 2.70. The molecule has 0 aliphatic heterocycles. The lowest BCUT2D eigenvalue weighted by Gasteiger charge is -2.17. The lowest BCUT2D eigenvalue weighted by Crippen LogP contribution is -2.33. The summed E-state index contributed by atoms with van der Waals surface area (Å²) in [4.78, 5) is 11.7. The van der Waals surface area contributed by atoms with E-state index in [9.17, 15) is 4.79 Å². The molecule has 18 heavy (non-hydrogen) atoms. The van der Waals surface area contributed by atoms with Gasteiger partial charge in [-0.2, -0.15) is 5.10 Å². The van der Waals surface area contributed by atoms with Gasteiger partial charge in [0.1, 0.15) is 0 Å². The summed E-state index contributed by atoms with van der Waals surface area (Å²) in [6, 6.07) is 0. The van der Waals surface area contributed by atoms with Crippen LogP contribution in [0.2, 0.25) is 0 Å². The zero-order chi connectivity index (χ0) is 13.6. The van der Waals surface area contributed by atoms with Crippen molar-refractivity contribution in [1.82, 2.24) is 9.78 Å². The Morgan fingerprint density at radius 2 is 2.33 bits per heavy atom. The summed E-state index contributed by atoms with van der Waals surface area (Å²) in [6.07, 6.45) is 4.47. The second-order valence-corrected chi connectivity index (χ2v) is 5.02. The topological polar surface area (TPSA) is 82.2 Å². The van der Waals surface area contributed by atoms with E-state index >= 15 is 0 Å². The number of rotatable bonds is 7. The maximum absolute atomic E-state index is 11.7. The van der Waals surface area contributed by atoms with E-state index in [1.54, 1.807) is 24.2 Å². The molecule has 0 spiro atoms. The molecule has 102 valence electrons. The van der Waals surface area contributed by atoms with E-state index in [0.29, 0.717) is 31.7 Å². The van der Waals surface area contributed by atoms with E-state index in [-0.39, 0.29) is 11.4 Å². The van der Waals surface area contributed by atoms with Crippen LogP contribution < -0.4 is 11.1 Å². The summed E-state index contributed by atoms with van der Waals surface area (Å²) in [5.74, 6) is -0.0418. The number of hydrogen-bond acceptors (Lipinski definition) is 4. The Morgan fingerprint density at radius 3 is 2.94 bits per heavy atom. The molecule has 0 fully saturated rings. The molecular formula is C12H22N4O2. The number of anilines is 1. The van der Waals surface area contributed by atoms with Crippen LogP contribution in [0.15, 0.2) is 12.4 Å². The van der Waals surface area contributed by atoms with Gasteiger partial charge in [0.15, 0.2) is 0 Å². The van der Waals surface area contributed by atoms with Crippen molar-refractivity contribution in [3.05, 3.63) is 12.4 Å². The smallest absolute Gasteiger partial charge is 0.224 e. The Bertz CT molecular complexity index is 382. The average molecular weight is 254 g/mol. The first-order chi connectivity index (χ1) is 8.40. The highest BCUT2D eigenvalue weighted by atomic mass is 16.5. The number of amides is 1. The molecule has 0 bridgehead atoms. The molecule has 0 atom stereocenters. The van der Waals surface area contributed by atoms with Crippen molar-refractivity contribution in [3.63, 3.8) is 0 Å². The molecule has 6 heteroatoms. The number of carbonyl (C=O) groups is 1. The quantitative estimate of drug-likeness (QED) is 0.760. The molecule has 0 radical (unpaired) electrons. The van der Waals surface area contributed by atoms with Crippen molar-refractivity contribution < 1.29 is 9.53 Å². The third-order valence-corrected chi connectivity index (χ3v) is 2.44. The number of hydrogen-bond donors (Lipinski definition) is 2. The molecule has 0 unspecified atom stereocenters. The van der Waals surface area contributed by atoms with Crippen LogP contribution in [-0.4, -0.2) is 34.9 Å². The van der Waals surface area contributed by atoms with Gasteiger partial charge in [-0.25, -0.2) is 0 Å². The van der Waals surface area contributed by atoms with E-state index in [1.165, 1.54) is 0 Å². The SMILES string of the molecule is COCCn1cc(NC(=O)CCC(C)(C)N)cn1. The predicted molar refractivity (Wildman–Crippen MR) is 70.2 cm³/mol. The molecule has 0 saturated carbocycles. The largest absolute Gasteiger partial charge is 0.383 e. The Hall–Kier alpha value is -1.40. The highest BCUT2D eigenvalue weighted by molar-refractivity contribution is 5.90. The molecular weight excluding hydrogens is 232 g/mol. The number of carbonyl (C=O) groups excluding carboxylic acids is 1. The molecule has 1 aromatic heterocycles. The van der Waals surface area contributed by atoms with Gasteiger partial charge in [0.05, 0.1) is 25.0 Å². The molecule has 0 aliphatic rings. The maximum Gasteiger partial charge on any atom is 0.224 e. The lowest BCUT2D eigenvalue weighted by molar-refractivity contribution is -0.116. The molecule has 0 aromatic carbocycles. The fourth-order valence-corrected chi connectivity index (χ4v) is 1.39. The van der Waals surface area contributed by atoms with Crippen molar-refractivity contribution in [2.24, 2.45) is 5.73 Å². The van der Waals surface area contributed by atoms with Gasteiger partial charge in [0.25, 0.3) is 0 Å². The van der Waals surface area contributed by atoms with Gasteiger partial charge in [-0.15, -0.1) is 0 Å². The predicted octanol–water partition coefficient (Wildman–Crippen LogP) is 0.985. The molecule has 6 nitrogen and oxygen atoms in total. The first kappa shape index (κ1) is 14.7. The fourth-order valence-electron chi connectivity index (χ4n) is 1.39. The van der Waals surface area contributed by atoms with Crippen molar-refractivity contribution in [2.45, 2.75) is 38.8 Å². The number of nitrogens with two attached hydrogens (primary N) is 1. The van der Waals surface area contributed by atoms with Crippen molar-refractivity contribution in [3.8, 4) is 0 Å². The second kappa shape index (κ2) is 6.51. The Kier molecular flexibility index (Phi) is 5.30. The number of methoxy groups -OCH3 is 1. The zero-order valence-corrected chi connectivity index (χ0v) is 11.3. The number of ether oxygens (including phenoxy) is 1. The molecule has 1 heterocycles. The van der Waals surface area contributed by atoms with Gasteiger partial charge in [0, 0.05) is 25.3 Å². The number of nitrogens with zero attached hydrogens (tertiary/aromatic N) is 2. The maximum atomic E-state index is 11.7. The van der Waals surface area contributed by atoms with Crippen molar-refractivity contribution >= 4 is 11.6 Å². The normalized spacial score (nSPS) is 11.6. The van der Waals surface area contributed by atoms with Crippen LogP contribution in [0.5, 0.6) is 0 Å². The first-order valence-corrected chi connectivity index (χ1v) is 6.01. The Balaban J connectivity index is 2.37. The number of aromatic nitrogens is 2. The van der Waals surface area contributed by atoms with E-state index in [1.807, 2.05) is 13.8 Å². The monoisotopic (exact) mass is 254 g/mol. The summed E-state index contributed by atoms with van der Waals surface area (Å²) in [6.45, 7) is 5.07. The third kappa shape index (κ3) is 5.79. The summed E-state index contributed by atoms with van der Waals surface area (Å²) >= 11 is 0. The van der Waals surface area contributed by atoms with Crippen LogP contribution in [0, 0.1) is 0 Å². The minimum Gasteiger partial charge on any atom is -0.383 e. The summed E-state index contributed by atoms with van der Waals surface area (Å²) in [5, 5.41) is 6.91. The zero-order valence-electron chi connectivity index (χ0n) is 11.3. The standard InChI is InChI=1S/C12H22N4O2/c1-12(2,13)5-4-11(17)15-10-8-14-16(9-10)6-7-18-3/h8-9H,4-7,13H2,1-3H3,(H,15,17). The highest BCUT2D eigenvalue weighted by Gasteiger charge is 2.13. The summed E-state index contributed by atoms with van der Waals surface area (Å²) < 4.78 is 6.68. The molecule has 3 N–H and O–H groups in total. The van der Waals surface area contributed by atoms with E-state index in [0.717, 1.165) is 0 Å². The van der Waals surface area contributed by atoms with E-state index < -0.39 is 0 Å². The van der Waals surface area contributed by atoms with Gasteiger partial charge < -0.3 is 15.8 Å². The van der Waals surface area contributed by atoms with Crippen LogP contribution in [0.25, 0.3) is 0 Å². The molecule has 1 amide bonds. The van der Waals surface area contributed by atoms with Gasteiger partial charge in [0.2, 0.25) is 5.91 Å². The van der Waals surface area contributed by atoms with Gasteiger partial charge >= 0.3 is 0 Å². The molecule has 0 aliphatic carbocycles. The second-order valence-electron chi connectivity index (χ2n) is 5.02. The minimum absolute atomic E-state index is 0.0418. The van der Waals surface area contributed by atoms with E-state index in [4.69, 9.17) is 10.5 Å². The summed E-state index contributed by atoms with van der Waals surface area (Å²) in [5.41, 5.74) is 6.21. The Morgan fingerprint density at radius 1 is 1.61 bits per heavy atom. The van der Waals surface area contributed by atoms with E-state index in [2.05, 4.69) is 10.4 Å². The van der Waals surface area contributed by atoms with Gasteiger partial charge in [-0.05, 0) is 20.3 Å². The first-order valence-electron chi connectivity index (χ1n) is 6.01. The van der Waals surface area contributed by atoms with Crippen LogP contribution in [-0.2, 0) is 16.1 Å². The van der Waals surface area contributed by atoms with Gasteiger partial charge in [-0.3, -0.25) is 9.48 Å². The molecule has 1 rings (SSSR count). The number of nitrogens with one attached hydrogen (secondary N) is 1. The van der Waals surface area contributed by atoms with Crippen molar-refractivity contribution in [2.75, 3.05) is 19.0 Å². The van der Waals surface area contributed by atoms with Crippen molar-refractivity contribution in [1.29, 1.82) is 0 Å².